The molecule has 5 nitrogen and oxygen atoms in total. The Morgan fingerprint density at radius 1 is 1.15 bits per heavy atom. The Morgan fingerprint density at radius 3 is 2.74 bits per heavy atom. The molecular formula is C21H27IN4O. The Hall–Kier alpha value is -2.09. The third-order valence-corrected chi connectivity index (χ3v) is 4.44. The molecular weight excluding hydrogens is 451 g/mol. The zero-order valence-electron chi connectivity index (χ0n) is 15.9. The molecule has 6 heteroatoms. The van der Waals surface area contributed by atoms with E-state index in [1.54, 1.807) is 0 Å². The van der Waals surface area contributed by atoms with Crippen molar-refractivity contribution in [3.8, 4) is 0 Å². The van der Waals surface area contributed by atoms with E-state index in [1.807, 2.05) is 36.1 Å². The van der Waals surface area contributed by atoms with Gasteiger partial charge < -0.3 is 15.5 Å². The summed E-state index contributed by atoms with van der Waals surface area (Å²) in [6, 6.07) is 16.4. The number of halogens is 1. The zero-order chi connectivity index (χ0) is 18.4. The maximum Gasteiger partial charge on any atom is 0.246 e. The van der Waals surface area contributed by atoms with Gasteiger partial charge in [-0.2, -0.15) is 0 Å². The normalized spacial score (nSPS) is 13.0. The molecule has 1 amide bonds. The molecule has 1 heterocycles. The Balaban J connectivity index is 0.00000261. The molecule has 0 atom stereocenters. The number of anilines is 1. The van der Waals surface area contributed by atoms with E-state index < -0.39 is 0 Å². The number of carbonyl (C=O) groups is 1. The molecule has 3 rings (SSSR count). The molecule has 0 radical (unpaired) electrons. The highest BCUT2D eigenvalue weighted by Crippen LogP contribution is 2.27. The Morgan fingerprint density at radius 2 is 1.96 bits per heavy atom. The highest BCUT2D eigenvalue weighted by Gasteiger charge is 2.23. The lowest BCUT2D eigenvalue weighted by Crippen LogP contribution is -2.44. The number of para-hydroxylation sites is 1. The maximum absolute atomic E-state index is 12.6. The largest absolute Gasteiger partial charge is 0.357 e. The van der Waals surface area contributed by atoms with Gasteiger partial charge in [0, 0.05) is 18.8 Å². The second-order valence-electron chi connectivity index (χ2n) is 6.46. The third kappa shape index (κ3) is 5.69. The van der Waals surface area contributed by atoms with Gasteiger partial charge in [0.1, 0.15) is 0 Å². The van der Waals surface area contributed by atoms with Gasteiger partial charge in [0.2, 0.25) is 5.91 Å². The first-order valence-electron chi connectivity index (χ1n) is 9.13. The summed E-state index contributed by atoms with van der Waals surface area (Å²) in [5.41, 5.74) is 4.64. The van der Waals surface area contributed by atoms with Crippen LogP contribution >= 0.6 is 24.0 Å². The minimum absolute atomic E-state index is 0. The van der Waals surface area contributed by atoms with Crippen LogP contribution < -0.4 is 15.5 Å². The fourth-order valence-electron chi connectivity index (χ4n) is 3.17. The van der Waals surface area contributed by atoms with Crippen molar-refractivity contribution in [1.82, 2.24) is 10.6 Å². The van der Waals surface area contributed by atoms with Crippen LogP contribution in [0.5, 0.6) is 0 Å². The van der Waals surface area contributed by atoms with E-state index in [1.165, 1.54) is 11.1 Å². The van der Waals surface area contributed by atoms with Crippen molar-refractivity contribution in [2.45, 2.75) is 26.8 Å². The highest BCUT2D eigenvalue weighted by molar-refractivity contribution is 14.0. The number of nitrogens with zero attached hydrogens (tertiary/aromatic N) is 2. The van der Waals surface area contributed by atoms with E-state index in [0.717, 1.165) is 30.8 Å². The fourth-order valence-corrected chi connectivity index (χ4v) is 3.17. The van der Waals surface area contributed by atoms with Crippen molar-refractivity contribution in [1.29, 1.82) is 0 Å². The maximum atomic E-state index is 12.6. The van der Waals surface area contributed by atoms with Crippen molar-refractivity contribution in [3.05, 3.63) is 65.2 Å². The van der Waals surface area contributed by atoms with Gasteiger partial charge in [-0.1, -0.05) is 48.0 Å². The number of amides is 1. The number of guanidine groups is 1. The number of hydrogen-bond donors (Lipinski definition) is 2. The summed E-state index contributed by atoms with van der Waals surface area (Å²) in [4.78, 5) is 19.1. The third-order valence-electron chi connectivity index (χ3n) is 4.44. The quantitative estimate of drug-likeness (QED) is 0.394. The average Bonchev–Trinajstić information content (AvgIpc) is 3.08. The molecule has 0 saturated heterocycles. The topological polar surface area (TPSA) is 56.7 Å². The molecule has 1 aliphatic heterocycles. The summed E-state index contributed by atoms with van der Waals surface area (Å²) < 4.78 is 0. The summed E-state index contributed by atoms with van der Waals surface area (Å²) in [6.45, 7) is 6.40. The number of hydrogen-bond acceptors (Lipinski definition) is 2. The summed E-state index contributed by atoms with van der Waals surface area (Å²) >= 11 is 0. The van der Waals surface area contributed by atoms with Gasteiger partial charge >= 0.3 is 0 Å². The average molecular weight is 478 g/mol. The minimum Gasteiger partial charge on any atom is -0.357 e. The fraction of sp³-hybridized carbons (Fsp3) is 0.333. The van der Waals surface area contributed by atoms with Crippen molar-refractivity contribution >= 4 is 41.5 Å². The number of aryl methyl sites for hydroxylation is 1. The smallest absolute Gasteiger partial charge is 0.246 e. The molecule has 1 aliphatic rings. The van der Waals surface area contributed by atoms with Crippen molar-refractivity contribution in [3.63, 3.8) is 0 Å². The zero-order valence-corrected chi connectivity index (χ0v) is 18.2. The minimum atomic E-state index is 0. The van der Waals surface area contributed by atoms with Crippen molar-refractivity contribution in [2.24, 2.45) is 4.99 Å². The van der Waals surface area contributed by atoms with Crippen LogP contribution in [0.4, 0.5) is 5.69 Å². The van der Waals surface area contributed by atoms with Crippen molar-refractivity contribution < 1.29 is 4.79 Å². The molecule has 0 bridgehead atoms. The Labute approximate surface area is 178 Å². The molecule has 0 spiro atoms. The van der Waals surface area contributed by atoms with Crippen LogP contribution in [0.25, 0.3) is 0 Å². The predicted molar refractivity (Wildman–Crippen MR) is 122 cm³/mol. The molecule has 0 saturated carbocycles. The first-order chi connectivity index (χ1) is 12.7. The first kappa shape index (κ1) is 21.2. The molecule has 2 N–H and O–H groups in total. The van der Waals surface area contributed by atoms with Crippen LogP contribution in [0.1, 0.15) is 23.6 Å². The number of aliphatic imine (C=N–C) groups is 1. The second-order valence-corrected chi connectivity index (χ2v) is 6.46. The number of benzene rings is 2. The lowest BCUT2D eigenvalue weighted by Gasteiger charge is -2.18. The van der Waals surface area contributed by atoms with E-state index in [0.29, 0.717) is 12.5 Å². The molecule has 2 aromatic rings. The van der Waals surface area contributed by atoms with E-state index in [9.17, 15) is 4.79 Å². The van der Waals surface area contributed by atoms with E-state index in [2.05, 4.69) is 46.8 Å². The second kappa shape index (κ2) is 10.3. The molecule has 0 aromatic heterocycles. The number of nitrogens with one attached hydrogen (secondary N) is 2. The van der Waals surface area contributed by atoms with Crippen molar-refractivity contribution in [2.75, 3.05) is 24.5 Å². The van der Waals surface area contributed by atoms with Gasteiger partial charge in [-0.3, -0.25) is 4.79 Å². The van der Waals surface area contributed by atoms with Crippen LogP contribution in [0.15, 0.2) is 53.5 Å². The number of fused-ring (bicyclic) bond motifs is 1. The van der Waals surface area contributed by atoms with Gasteiger partial charge in [0.05, 0.1) is 13.1 Å². The molecule has 2 aromatic carbocycles. The van der Waals surface area contributed by atoms with E-state index >= 15 is 0 Å². The lowest BCUT2D eigenvalue weighted by atomic mass is 10.1. The summed E-state index contributed by atoms with van der Waals surface area (Å²) in [5, 5.41) is 6.36. The van der Waals surface area contributed by atoms with Crippen LogP contribution in [0.2, 0.25) is 0 Å². The van der Waals surface area contributed by atoms with Crippen LogP contribution in [0.3, 0.4) is 0 Å². The highest BCUT2D eigenvalue weighted by atomic mass is 127. The molecule has 144 valence electrons. The molecule has 27 heavy (non-hydrogen) atoms. The Bertz CT molecular complexity index is 806. The summed E-state index contributed by atoms with van der Waals surface area (Å²) in [6.07, 6.45) is 0.920. The monoisotopic (exact) mass is 478 g/mol. The standard InChI is InChI=1S/C21H26N4O.HI/c1-3-22-21(23-14-17-8-6-7-16(2)13-17)24-15-20(26)25-12-11-18-9-4-5-10-19(18)25;/h4-10,13H,3,11-12,14-15H2,1-2H3,(H2,22,23,24);1H. The Kier molecular flexibility index (Phi) is 8.09. The van der Waals surface area contributed by atoms with Crippen LogP contribution in [-0.4, -0.2) is 31.5 Å². The lowest BCUT2D eigenvalue weighted by molar-refractivity contribution is -0.117. The SMILES string of the molecule is CCNC(=NCc1cccc(C)c1)NCC(=O)N1CCc2ccccc21.I. The predicted octanol–water partition coefficient (Wildman–Crippen LogP) is 3.26. The van der Waals surface area contributed by atoms with Crippen LogP contribution in [0, 0.1) is 6.92 Å². The van der Waals surface area contributed by atoms with Gasteiger partial charge in [-0.05, 0) is 37.5 Å². The van der Waals surface area contributed by atoms with Gasteiger partial charge in [-0.15, -0.1) is 24.0 Å². The van der Waals surface area contributed by atoms with E-state index in [4.69, 9.17) is 0 Å². The number of rotatable bonds is 5. The summed E-state index contributed by atoms with van der Waals surface area (Å²) in [5.74, 6) is 0.728. The summed E-state index contributed by atoms with van der Waals surface area (Å²) in [7, 11) is 0. The van der Waals surface area contributed by atoms with Gasteiger partial charge in [0.25, 0.3) is 0 Å². The van der Waals surface area contributed by atoms with Gasteiger partial charge in [0.15, 0.2) is 5.96 Å². The molecule has 0 aliphatic carbocycles. The molecule has 0 fully saturated rings. The van der Waals surface area contributed by atoms with E-state index in [-0.39, 0.29) is 36.4 Å². The first-order valence-corrected chi connectivity index (χ1v) is 9.13. The van der Waals surface area contributed by atoms with Gasteiger partial charge in [-0.25, -0.2) is 4.99 Å². The van der Waals surface area contributed by atoms with Crippen LogP contribution in [-0.2, 0) is 17.8 Å². The molecule has 0 unspecified atom stereocenters. The number of carbonyl (C=O) groups excluding carboxylic acids is 1.